The Morgan fingerprint density at radius 2 is 1.71 bits per heavy atom. The van der Waals surface area contributed by atoms with Gasteiger partial charge >= 0.3 is 6.03 Å². The summed E-state index contributed by atoms with van der Waals surface area (Å²) in [5.74, 6) is 1.92. The molecule has 0 spiro atoms. The second-order valence-corrected chi connectivity index (χ2v) is 8.23. The van der Waals surface area contributed by atoms with Crippen LogP contribution in [0.1, 0.15) is 0 Å². The Labute approximate surface area is 198 Å². The van der Waals surface area contributed by atoms with E-state index in [2.05, 4.69) is 14.9 Å². The molecule has 2 aliphatic rings. The number of hydrogen-bond acceptors (Lipinski definition) is 7. The first kappa shape index (κ1) is 21.7. The van der Waals surface area contributed by atoms with E-state index < -0.39 is 6.17 Å². The van der Waals surface area contributed by atoms with Crippen molar-refractivity contribution in [2.45, 2.75) is 6.17 Å². The average Bonchev–Trinajstić information content (AvgIpc) is 3.19. The highest BCUT2D eigenvalue weighted by molar-refractivity contribution is 6.03. The monoisotopic (exact) mass is 458 g/mol. The maximum absolute atomic E-state index is 13.6. The smallest absolute Gasteiger partial charge is 0.326 e. The summed E-state index contributed by atoms with van der Waals surface area (Å²) in [5, 5.41) is 0. The summed E-state index contributed by atoms with van der Waals surface area (Å²) in [5.41, 5.74) is 2.42. The van der Waals surface area contributed by atoms with Crippen molar-refractivity contribution in [2.75, 3.05) is 55.0 Å². The summed E-state index contributed by atoms with van der Waals surface area (Å²) in [6, 6.07) is 17.3. The zero-order valence-corrected chi connectivity index (χ0v) is 19.2. The molecule has 9 nitrogen and oxygen atoms in total. The van der Waals surface area contributed by atoms with E-state index in [4.69, 9.17) is 4.74 Å². The molecule has 2 aliphatic heterocycles. The molecular formula is C25H26N6O3. The van der Waals surface area contributed by atoms with Gasteiger partial charge in [-0.1, -0.05) is 42.5 Å². The number of benzene rings is 2. The predicted molar refractivity (Wildman–Crippen MR) is 130 cm³/mol. The van der Waals surface area contributed by atoms with Crippen LogP contribution in [0.2, 0.25) is 0 Å². The van der Waals surface area contributed by atoms with E-state index in [-0.39, 0.29) is 6.03 Å². The number of carbonyl (C=O) groups excluding carboxylic acids is 2. The van der Waals surface area contributed by atoms with Crippen LogP contribution < -0.4 is 19.4 Å². The Morgan fingerprint density at radius 1 is 1.00 bits per heavy atom. The lowest BCUT2D eigenvalue weighted by Crippen LogP contribution is -2.56. The Morgan fingerprint density at radius 3 is 2.41 bits per heavy atom. The molecule has 5 rings (SSSR count). The number of para-hydroxylation sites is 2. The maximum atomic E-state index is 13.6. The number of likely N-dealkylation sites (N-methyl/N-ethyl adjacent to an activating group) is 1. The Kier molecular flexibility index (Phi) is 5.75. The van der Waals surface area contributed by atoms with Crippen LogP contribution >= 0.6 is 0 Å². The van der Waals surface area contributed by atoms with E-state index in [1.54, 1.807) is 30.2 Å². The molecule has 2 amide bonds. The van der Waals surface area contributed by atoms with Crippen molar-refractivity contribution in [2.24, 2.45) is 0 Å². The molecule has 0 radical (unpaired) electrons. The van der Waals surface area contributed by atoms with Crippen molar-refractivity contribution < 1.29 is 14.3 Å². The summed E-state index contributed by atoms with van der Waals surface area (Å²) in [4.78, 5) is 41.9. The number of urea groups is 1. The number of nitrogens with zero attached hydrogens (tertiary/aromatic N) is 6. The fourth-order valence-electron chi connectivity index (χ4n) is 4.51. The van der Waals surface area contributed by atoms with E-state index >= 15 is 0 Å². The van der Waals surface area contributed by atoms with Gasteiger partial charge in [-0.15, -0.1) is 0 Å². The number of piperazine rings is 1. The standard InChI is InChI=1S/C25H26N6O3/c1-28-22(17-32)31(20-16-26-23(27-24(20)28)18-8-4-3-5-9-18)25(33)30-14-12-29(13-15-30)19-10-6-7-11-21(19)34-2/h3-11,16-17,22H,12-15H2,1-2H3. The molecule has 1 aromatic heterocycles. The quantitative estimate of drug-likeness (QED) is 0.556. The highest BCUT2D eigenvalue weighted by atomic mass is 16.5. The molecule has 0 saturated carbocycles. The first-order chi connectivity index (χ1) is 16.6. The average molecular weight is 459 g/mol. The fraction of sp³-hybridized carbons (Fsp3) is 0.280. The number of ether oxygens (including phenoxy) is 1. The molecule has 0 aliphatic carbocycles. The van der Waals surface area contributed by atoms with Crippen LogP contribution in [0.3, 0.4) is 0 Å². The number of rotatable bonds is 4. The van der Waals surface area contributed by atoms with Gasteiger partial charge < -0.3 is 19.4 Å². The highest BCUT2D eigenvalue weighted by Gasteiger charge is 2.41. The molecule has 0 N–H and O–H groups in total. The summed E-state index contributed by atoms with van der Waals surface area (Å²) >= 11 is 0. The third-order valence-electron chi connectivity index (χ3n) is 6.34. The minimum atomic E-state index is -0.768. The number of methoxy groups -OCH3 is 1. The second-order valence-electron chi connectivity index (χ2n) is 8.23. The normalized spacial score (nSPS) is 17.5. The Balaban J connectivity index is 1.37. The van der Waals surface area contributed by atoms with Crippen molar-refractivity contribution >= 4 is 29.5 Å². The molecule has 174 valence electrons. The third-order valence-corrected chi connectivity index (χ3v) is 6.34. The van der Waals surface area contributed by atoms with E-state index in [1.165, 1.54) is 4.90 Å². The van der Waals surface area contributed by atoms with Gasteiger partial charge in [0.15, 0.2) is 24.1 Å². The largest absolute Gasteiger partial charge is 0.495 e. The van der Waals surface area contributed by atoms with Gasteiger partial charge in [-0.2, -0.15) is 0 Å². The van der Waals surface area contributed by atoms with Crippen molar-refractivity contribution in [1.29, 1.82) is 0 Å². The molecule has 9 heteroatoms. The number of carbonyl (C=O) groups is 2. The molecule has 1 saturated heterocycles. The minimum absolute atomic E-state index is 0.224. The number of aldehydes is 1. The summed E-state index contributed by atoms with van der Waals surface area (Å²) < 4.78 is 5.49. The lowest BCUT2D eigenvalue weighted by molar-refractivity contribution is -0.108. The molecular weight excluding hydrogens is 432 g/mol. The number of hydrogen-bond donors (Lipinski definition) is 0. The first-order valence-corrected chi connectivity index (χ1v) is 11.2. The summed E-state index contributed by atoms with van der Waals surface area (Å²) in [6.45, 7) is 2.39. The molecule has 3 heterocycles. The third kappa shape index (κ3) is 3.68. The summed E-state index contributed by atoms with van der Waals surface area (Å²) in [6.07, 6.45) is 1.63. The zero-order valence-electron chi connectivity index (χ0n) is 19.2. The molecule has 1 atom stereocenters. The van der Waals surface area contributed by atoms with E-state index in [0.717, 1.165) is 23.3 Å². The van der Waals surface area contributed by atoms with Gasteiger partial charge in [0.25, 0.3) is 0 Å². The van der Waals surface area contributed by atoms with Gasteiger partial charge in [-0.05, 0) is 12.1 Å². The number of anilines is 3. The Bertz CT molecular complexity index is 1200. The fourth-order valence-corrected chi connectivity index (χ4v) is 4.51. The van der Waals surface area contributed by atoms with Gasteiger partial charge in [0.2, 0.25) is 0 Å². The van der Waals surface area contributed by atoms with Crippen LogP contribution in [0.25, 0.3) is 11.4 Å². The summed E-state index contributed by atoms with van der Waals surface area (Å²) in [7, 11) is 3.43. The lowest BCUT2D eigenvalue weighted by atomic mass is 10.2. The zero-order chi connectivity index (χ0) is 23.7. The topological polar surface area (TPSA) is 82.1 Å². The Hall–Kier alpha value is -4.14. The van der Waals surface area contributed by atoms with Gasteiger partial charge in [-0.3, -0.25) is 9.69 Å². The van der Waals surface area contributed by atoms with Crippen LogP contribution in [-0.2, 0) is 4.79 Å². The maximum Gasteiger partial charge on any atom is 0.326 e. The van der Waals surface area contributed by atoms with E-state index in [0.29, 0.717) is 43.5 Å². The molecule has 2 aromatic carbocycles. The highest BCUT2D eigenvalue weighted by Crippen LogP contribution is 2.38. The predicted octanol–water partition coefficient (Wildman–Crippen LogP) is 2.88. The van der Waals surface area contributed by atoms with E-state index in [9.17, 15) is 9.59 Å². The van der Waals surface area contributed by atoms with Crippen molar-refractivity contribution in [3.8, 4) is 17.1 Å². The van der Waals surface area contributed by atoms with Crippen LogP contribution in [0, 0.1) is 0 Å². The van der Waals surface area contributed by atoms with E-state index in [1.807, 2.05) is 54.6 Å². The molecule has 0 bridgehead atoms. The van der Waals surface area contributed by atoms with Crippen LogP contribution in [0.5, 0.6) is 5.75 Å². The minimum Gasteiger partial charge on any atom is -0.495 e. The number of amides is 2. The SMILES string of the molecule is COc1ccccc1N1CCN(C(=O)N2c3cnc(-c4ccccc4)nc3N(C)C2C=O)CC1. The van der Waals surface area contributed by atoms with Crippen molar-refractivity contribution in [1.82, 2.24) is 14.9 Å². The molecule has 34 heavy (non-hydrogen) atoms. The molecule has 1 unspecified atom stereocenters. The van der Waals surface area contributed by atoms with Crippen LogP contribution in [-0.4, -0.2) is 73.7 Å². The number of aromatic nitrogens is 2. The van der Waals surface area contributed by atoms with Gasteiger partial charge in [0, 0.05) is 38.8 Å². The lowest BCUT2D eigenvalue weighted by Gasteiger charge is -2.38. The van der Waals surface area contributed by atoms with Crippen LogP contribution in [0.15, 0.2) is 60.8 Å². The number of fused-ring (bicyclic) bond motifs is 1. The van der Waals surface area contributed by atoms with Crippen molar-refractivity contribution in [3.05, 3.63) is 60.8 Å². The first-order valence-electron chi connectivity index (χ1n) is 11.2. The van der Waals surface area contributed by atoms with Crippen molar-refractivity contribution in [3.63, 3.8) is 0 Å². The van der Waals surface area contributed by atoms with Gasteiger partial charge in [0.1, 0.15) is 11.4 Å². The van der Waals surface area contributed by atoms with Crippen LogP contribution in [0.4, 0.5) is 22.0 Å². The molecule has 3 aromatic rings. The molecule has 1 fully saturated rings. The second kappa shape index (κ2) is 9.01. The van der Waals surface area contributed by atoms with Gasteiger partial charge in [-0.25, -0.2) is 14.8 Å². The van der Waals surface area contributed by atoms with Gasteiger partial charge in [0.05, 0.1) is 19.0 Å².